The second-order valence-corrected chi connectivity index (χ2v) is 7.58. The Kier molecular flexibility index (Phi) is 4.88. The van der Waals surface area contributed by atoms with E-state index >= 15 is 0 Å². The number of hydrogen-bond donors (Lipinski definition) is 1. The van der Waals surface area contributed by atoms with Crippen molar-refractivity contribution in [2.45, 2.75) is 57.7 Å². The third-order valence-electron chi connectivity index (χ3n) is 4.65. The van der Waals surface area contributed by atoms with Gasteiger partial charge in [-0.25, -0.2) is 0 Å². The Balaban J connectivity index is 2.08. The van der Waals surface area contributed by atoms with Crippen molar-refractivity contribution in [3.05, 3.63) is 28.5 Å². The molecule has 0 aliphatic heterocycles. The minimum Gasteiger partial charge on any atom is -0.390 e. The highest BCUT2D eigenvalue weighted by Crippen LogP contribution is 2.43. The number of nitrogens with zero attached hydrogens (tertiary/aromatic N) is 1. The number of aliphatic hydroxyl groups excluding tert-OH is 1. The van der Waals surface area contributed by atoms with Gasteiger partial charge in [0.1, 0.15) is 0 Å². The fraction of sp³-hybridized carbons (Fsp3) is 0.688. The molecule has 4 heteroatoms. The number of aromatic nitrogens is 1. The zero-order valence-corrected chi connectivity index (χ0v) is 14.1. The van der Waals surface area contributed by atoms with Crippen molar-refractivity contribution in [1.82, 2.24) is 4.98 Å². The lowest BCUT2D eigenvalue weighted by Gasteiger charge is -2.45. The van der Waals surface area contributed by atoms with Gasteiger partial charge in [0, 0.05) is 30.4 Å². The van der Waals surface area contributed by atoms with Crippen LogP contribution in [0.2, 0.25) is 0 Å². The molecular weight excluding hydrogens is 318 g/mol. The van der Waals surface area contributed by atoms with Crippen molar-refractivity contribution in [3.8, 4) is 0 Å². The van der Waals surface area contributed by atoms with Gasteiger partial charge in [-0.2, -0.15) is 0 Å². The van der Waals surface area contributed by atoms with Crippen LogP contribution in [-0.2, 0) is 11.2 Å². The summed E-state index contributed by atoms with van der Waals surface area (Å²) >= 11 is 3.42. The van der Waals surface area contributed by atoms with E-state index in [0.717, 1.165) is 35.7 Å². The minimum atomic E-state index is -0.486. The first-order valence-electron chi connectivity index (χ1n) is 7.20. The monoisotopic (exact) mass is 341 g/mol. The van der Waals surface area contributed by atoms with E-state index in [0.29, 0.717) is 11.8 Å². The van der Waals surface area contributed by atoms with Crippen LogP contribution in [0.25, 0.3) is 0 Å². The molecule has 3 nitrogen and oxygen atoms in total. The number of rotatable bonds is 4. The van der Waals surface area contributed by atoms with Crippen LogP contribution in [0.4, 0.5) is 0 Å². The summed E-state index contributed by atoms with van der Waals surface area (Å²) in [5.74, 6) is 0. The molecule has 1 aromatic heterocycles. The molecular formula is C16H24BrNO2. The molecule has 0 spiro atoms. The molecule has 1 fully saturated rings. The predicted molar refractivity (Wildman–Crippen MR) is 83.6 cm³/mol. The Hall–Kier alpha value is -0.450. The smallest absolute Gasteiger partial charge is 0.0940 e. The Morgan fingerprint density at radius 2 is 1.95 bits per heavy atom. The van der Waals surface area contributed by atoms with Gasteiger partial charge in [-0.05, 0) is 58.7 Å². The average Bonchev–Trinajstić information content (AvgIpc) is 2.39. The number of aliphatic hydroxyl groups is 1. The normalized spacial score (nSPS) is 22.4. The summed E-state index contributed by atoms with van der Waals surface area (Å²) in [7, 11) is 1.72. The number of methoxy groups -OCH3 is 1. The highest BCUT2D eigenvalue weighted by molar-refractivity contribution is 9.10. The summed E-state index contributed by atoms with van der Waals surface area (Å²) in [4.78, 5) is 4.16. The summed E-state index contributed by atoms with van der Waals surface area (Å²) < 4.78 is 6.70. The van der Waals surface area contributed by atoms with Crippen molar-refractivity contribution < 1.29 is 9.84 Å². The van der Waals surface area contributed by atoms with Crippen molar-refractivity contribution >= 4 is 15.9 Å². The second-order valence-electron chi connectivity index (χ2n) is 6.66. The number of ether oxygens (including phenoxy) is 1. The minimum absolute atomic E-state index is 0.360. The van der Waals surface area contributed by atoms with Gasteiger partial charge in [0.15, 0.2) is 0 Å². The van der Waals surface area contributed by atoms with E-state index in [1.54, 1.807) is 13.3 Å². The predicted octanol–water partition coefficient (Wildman–Crippen LogP) is 3.73. The van der Waals surface area contributed by atoms with Crippen molar-refractivity contribution in [3.63, 3.8) is 0 Å². The third kappa shape index (κ3) is 3.60. The average molecular weight is 342 g/mol. The molecule has 20 heavy (non-hydrogen) atoms. The van der Waals surface area contributed by atoms with Gasteiger partial charge in [-0.15, -0.1) is 0 Å². The second kappa shape index (κ2) is 6.12. The molecule has 2 rings (SSSR count). The summed E-state index contributed by atoms with van der Waals surface area (Å²) in [6.45, 7) is 4.58. The van der Waals surface area contributed by atoms with Crippen LogP contribution in [0.3, 0.4) is 0 Å². The molecule has 0 saturated heterocycles. The van der Waals surface area contributed by atoms with Gasteiger partial charge in [-0.3, -0.25) is 4.98 Å². The standard InChI is InChI=1S/C16H24BrNO2/c1-15(2)4-6-16(20-3,7-5-15)14(19)9-12-8-13(17)11-18-10-12/h8,10-11,14,19H,4-7,9H2,1-3H3. The lowest BCUT2D eigenvalue weighted by molar-refractivity contribution is -0.135. The van der Waals surface area contributed by atoms with Crippen molar-refractivity contribution in [2.24, 2.45) is 5.41 Å². The highest BCUT2D eigenvalue weighted by atomic mass is 79.9. The molecule has 1 aliphatic carbocycles. The van der Waals surface area contributed by atoms with E-state index in [4.69, 9.17) is 4.74 Å². The van der Waals surface area contributed by atoms with E-state index in [2.05, 4.69) is 34.8 Å². The summed E-state index contributed by atoms with van der Waals surface area (Å²) in [6.07, 6.45) is 7.68. The lowest BCUT2D eigenvalue weighted by atomic mass is 9.68. The van der Waals surface area contributed by atoms with Gasteiger partial charge in [0.25, 0.3) is 0 Å². The largest absolute Gasteiger partial charge is 0.390 e. The fourth-order valence-electron chi connectivity index (χ4n) is 3.00. The maximum Gasteiger partial charge on any atom is 0.0940 e. The van der Waals surface area contributed by atoms with E-state index in [1.807, 2.05) is 12.3 Å². The van der Waals surface area contributed by atoms with Crippen LogP contribution in [0, 0.1) is 5.41 Å². The highest BCUT2D eigenvalue weighted by Gasteiger charge is 2.43. The molecule has 1 saturated carbocycles. The van der Waals surface area contributed by atoms with Gasteiger partial charge < -0.3 is 9.84 Å². The van der Waals surface area contributed by atoms with Crippen LogP contribution in [0.1, 0.15) is 45.1 Å². The molecule has 112 valence electrons. The van der Waals surface area contributed by atoms with E-state index < -0.39 is 11.7 Å². The summed E-state index contributed by atoms with van der Waals surface area (Å²) in [5, 5.41) is 10.7. The molecule has 1 N–H and O–H groups in total. The maximum atomic E-state index is 10.7. The number of pyridine rings is 1. The van der Waals surface area contributed by atoms with Crippen LogP contribution in [-0.4, -0.2) is 28.9 Å². The fourth-order valence-corrected chi connectivity index (χ4v) is 3.41. The zero-order chi connectivity index (χ0) is 14.8. The molecule has 0 bridgehead atoms. The third-order valence-corrected chi connectivity index (χ3v) is 5.09. The molecule has 0 aromatic carbocycles. The Labute approximate surface area is 129 Å². The summed E-state index contributed by atoms with van der Waals surface area (Å²) in [5.41, 5.74) is 0.991. The first-order chi connectivity index (χ1) is 9.37. The molecule has 1 heterocycles. The number of hydrogen-bond acceptors (Lipinski definition) is 3. The Morgan fingerprint density at radius 1 is 1.30 bits per heavy atom. The lowest BCUT2D eigenvalue weighted by Crippen LogP contribution is -2.49. The van der Waals surface area contributed by atoms with E-state index in [1.165, 1.54) is 0 Å². The van der Waals surface area contributed by atoms with Gasteiger partial charge >= 0.3 is 0 Å². The number of halogens is 1. The maximum absolute atomic E-state index is 10.7. The van der Waals surface area contributed by atoms with Gasteiger partial charge in [-0.1, -0.05) is 13.8 Å². The van der Waals surface area contributed by atoms with Crippen LogP contribution >= 0.6 is 15.9 Å². The Morgan fingerprint density at radius 3 is 2.50 bits per heavy atom. The Bertz CT molecular complexity index is 452. The van der Waals surface area contributed by atoms with Crippen LogP contribution < -0.4 is 0 Å². The SMILES string of the molecule is COC1(C(O)Cc2cncc(Br)c2)CCC(C)(C)CC1. The first-order valence-corrected chi connectivity index (χ1v) is 7.99. The molecule has 0 amide bonds. The van der Waals surface area contributed by atoms with E-state index in [9.17, 15) is 5.11 Å². The summed E-state index contributed by atoms with van der Waals surface area (Å²) in [6, 6.07) is 2.01. The molecule has 0 radical (unpaired) electrons. The molecule has 1 unspecified atom stereocenters. The quantitative estimate of drug-likeness (QED) is 0.907. The van der Waals surface area contributed by atoms with Crippen LogP contribution in [0.5, 0.6) is 0 Å². The van der Waals surface area contributed by atoms with E-state index in [-0.39, 0.29) is 0 Å². The van der Waals surface area contributed by atoms with Gasteiger partial charge in [0.05, 0.1) is 11.7 Å². The topological polar surface area (TPSA) is 42.4 Å². The van der Waals surface area contributed by atoms with Crippen LogP contribution in [0.15, 0.2) is 22.9 Å². The molecule has 1 atom stereocenters. The molecule has 1 aliphatic rings. The zero-order valence-electron chi connectivity index (χ0n) is 12.5. The van der Waals surface area contributed by atoms with Crippen molar-refractivity contribution in [1.29, 1.82) is 0 Å². The van der Waals surface area contributed by atoms with Crippen molar-refractivity contribution in [2.75, 3.05) is 7.11 Å². The first kappa shape index (κ1) is 15.9. The molecule has 1 aromatic rings. The van der Waals surface area contributed by atoms with Gasteiger partial charge in [0.2, 0.25) is 0 Å².